The van der Waals surface area contributed by atoms with Crippen LogP contribution in [0.2, 0.25) is 0 Å². The van der Waals surface area contributed by atoms with E-state index < -0.39 is 11.2 Å². The van der Waals surface area contributed by atoms with Gasteiger partial charge in [0.05, 0.1) is 17.9 Å². The number of fused-ring (bicyclic) bond motifs is 1. The van der Waals surface area contributed by atoms with Crippen molar-refractivity contribution in [1.82, 2.24) is 14.1 Å². The summed E-state index contributed by atoms with van der Waals surface area (Å²) in [6.07, 6.45) is 0.422. The van der Waals surface area contributed by atoms with E-state index in [-0.39, 0.29) is 18.0 Å². The van der Waals surface area contributed by atoms with Crippen molar-refractivity contribution in [3.8, 4) is 17.2 Å². The van der Waals surface area contributed by atoms with Crippen LogP contribution in [0, 0.1) is 11.3 Å². The predicted molar refractivity (Wildman–Crippen MR) is 113 cm³/mol. The van der Waals surface area contributed by atoms with Crippen molar-refractivity contribution in [3.63, 3.8) is 0 Å². The van der Waals surface area contributed by atoms with Gasteiger partial charge in [-0.15, -0.1) is 0 Å². The first-order valence-electron chi connectivity index (χ1n) is 9.08. The fourth-order valence-corrected chi connectivity index (χ4v) is 3.40. The Labute approximate surface area is 167 Å². The number of anilines is 2. The number of hydrogen-bond donors (Lipinski definition) is 2. The van der Waals surface area contributed by atoms with E-state index in [1.807, 2.05) is 36.2 Å². The first kappa shape index (κ1) is 20.1. The van der Waals surface area contributed by atoms with E-state index in [0.717, 1.165) is 15.8 Å². The van der Waals surface area contributed by atoms with Gasteiger partial charge in [-0.1, -0.05) is 12.1 Å². The normalized spacial score (nSPS) is 10.9. The molecule has 0 aliphatic heterocycles. The minimum absolute atomic E-state index is 0.0971. The molecule has 9 nitrogen and oxygen atoms in total. The summed E-state index contributed by atoms with van der Waals surface area (Å²) in [6, 6.07) is 9.68. The number of nitrogen functional groups attached to an aromatic ring is 1. The second-order valence-corrected chi connectivity index (χ2v) is 6.84. The van der Waals surface area contributed by atoms with E-state index in [4.69, 9.17) is 16.7 Å². The van der Waals surface area contributed by atoms with E-state index in [1.54, 1.807) is 7.05 Å². The number of nitriles is 1. The fourth-order valence-electron chi connectivity index (χ4n) is 3.40. The zero-order valence-electron chi connectivity index (χ0n) is 16.6. The summed E-state index contributed by atoms with van der Waals surface area (Å²) in [5, 5.41) is 9.07. The molecule has 0 amide bonds. The highest BCUT2D eigenvalue weighted by atomic mass is 16.2. The lowest BCUT2D eigenvalue weighted by Gasteiger charge is -2.19. The van der Waals surface area contributed by atoms with Gasteiger partial charge in [0.1, 0.15) is 5.82 Å². The summed E-state index contributed by atoms with van der Waals surface area (Å²) in [6.45, 7) is 0.706. The first-order chi connectivity index (χ1) is 13.8. The Morgan fingerprint density at radius 3 is 2.41 bits per heavy atom. The Morgan fingerprint density at radius 2 is 1.83 bits per heavy atom. The molecule has 0 bridgehead atoms. The summed E-state index contributed by atoms with van der Waals surface area (Å²) >= 11 is 0. The van der Waals surface area contributed by atoms with Gasteiger partial charge in [0.25, 0.3) is 5.56 Å². The van der Waals surface area contributed by atoms with Gasteiger partial charge in [-0.05, 0) is 17.7 Å². The molecular formula is C20H23N7O2. The number of hydrogen-bond acceptors (Lipinski definition) is 7. The minimum Gasteiger partial charge on any atom is -0.383 e. The molecule has 4 N–H and O–H groups in total. The van der Waals surface area contributed by atoms with Gasteiger partial charge in [-0.2, -0.15) is 5.26 Å². The molecule has 0 saturated carbocycles. The van der Waals surface area contributed by atoms with Crippen molar-refractivity contribution < 1.29 is 0 Å². The van der Waals surface area contributed by atoms with Crippen molar-refractivity contribution in [3.05, 3.63) is 50.7 Å². The highest BCUT2D eigenvalue weighted by molar-refractivity contribution is 5.96. The highest BCUT2D eigenvalue weighted by Gasteiger charge is 2.20. The Bertz CT molecular complexity index is 1230. The molecule has 3 aromatic rings. The molecule has 1 aromatic carbocycles. The molecular weight excluding hydrogens is 370 g/mol. The van der Waals surface area contributed by atoms with E-state index in [1.165, 1.54) is 11.6 Å². The minimum atomic E-state index is -0.477. The molecule has 9 heteroatoms. The van der Waals surface area contributed by atoms with E-state index in [9.17, 15) is 9.59 Å². The van der Waals surface area contributed by atoms with Crippen LogP contribution in [0.25, 0.3) is 22.2 Å². The molecule has 0 aliphatic carbocycles. The molecule has 0 atom stereocenters. The van der Waals surface area contributed by atoms with Crippen LogP contribution in [0.15, 0.2) is 33.9 Å². The Morgan fingerprint density at radius 1 is 1.17 bits per heavy atom. The zero-order valence-corrected chi connectivity index (χ0v) is 16.6. The van der Waals surface area contributed by atoms with Gasteiger partial charge in [0.2, 0.25) is 0 Å². The first-order valence-corrected chi connectivity index (χ1v) is 9.08. The molecule has 0 spiro atoms. The largest absolute Gasteiger partial charge is 0.383 e. The van der Waals surface area contributed by atoms with Gasteiger partial charge < -0.3 is 16.4 Å². The van der Waals surface area contributed by atoms with E-state index in [2.05, 4.69) is 11.1 Å². The van der Waals surface area contributed by atoms with E-state index >= 15 is 0 Å². The SMILES string of the molecule is CN(CCC#N)c1ccc(-c2c(CN)c(N)nc3c2c(=O)n(C)c(=O)n3C)cc1. The van der Waals surface area contributed by atoms with Crippen molar-refractivity contribution in [2.24, 2.45) is 19.8 Å². The number of benzene rings is 1. The standard InChI is InChI=1S/C20H23N7O2/c1-25(10-4-9-21)13-7-5-12(6-8-13)15-14(11-22)17(23)24-18-16(15)19(28)27(3)20(29)26(18)2/h5-8H,4,10-11,22H2,1-3H3,(H2,23,24). The van der Waals surface area contributed by atoms with Gasteiger partial charge in [0, 0.05) is 51.0 Å². The number of pyridine rings is 1. The Balaban J connectivity index is 2.30. The van der Waals surface area contributed by atoms with Crippen LogP contribution in [-0.4, -0.2) is 27.7 Å². The topological polar surface area (TPSA) is 136 Å². The molecule has 0 fully saturated rings. The van der Waals surface area contributed by atoms with Crippen molar-refractivity contribution >= 4 is 22.5 Å². The van der Waals surface area contributed by atoms with Gasteiger partial charge in [-0.25, -0.2) is 9.78 Å². The van der Waals surface area contributed by atoms with Gasteiger partial charge in [0.15, 0.2) is 5.65 Å². The van der Waals surface area contributed by atoms with Crippen LogP contribution in [-0.2, 0) is 20.6 Å². The molecule has 29 heavy (non-hydrogen) atoms. The summed E-state index contributed by atoms with van der Waals surface area (Å²) in [7, 11) is 4.89. The average Bonchev–Trinajstić information content (AvgIpc) is 2.73. The molecule has 0 aliphatic rings. The Kier molecular flexibility index (Phi) is 5.39. The zero-order chi connectivity index (χ0) is 21.3. The third-order valence-corrected chi connectivity index (χ3v) is 5.08. The summed E-state index contributed by atoms with van der Waals surface area (Å²) < 4.78 is 2.36. The lowest BCUT2D eigenvalue weighted by atomic mass is 9.97. The number of aryl methyl sites for hydroxylation is 1. The number of nitrogens with zero attached hydrogens (tertiary/aromatic N) is 5. The molecule has 3 rings (SSSR count). The monoisotopic (exact) mass is 393 g/mol. The molecule has 2 heterocycles. The summed E-state index contributed by atoms with van der Waals surface area (Å²) in [4.78, 5) is 31.5. The fraction of sp³-hybridized carbons (Fsp3) is 0.300. The quantitative estimate of drug-likeness (QED) is 0.651. The lowest BCUT2D eigenvalue weighted by Crippen LogP contribution is -2.38. The van der Waals surface area contributed by atoms with Crippen LogP contribution in [0.4, 0.5) is 11.5 Å². The van der Waals surface area contributed by atoms with Gasteiger partial charge in [-0.3, -0.25) is 13.9 Å². The molecule has 0 unspecified atom stereocenters. The smallest absolute Gasteiger partial charge is 0.332 e. The summed E-state index contributed by atoms with van der Waals surface area (Å²) in [5.41, 5.74) is 14.2. The molecule has 150 valence electrons. The average molecular weight is 393 g/mol. The number of rotatable bonds is 5. The highest BCUT2D eigenvalue weighted by Crippen LogP contribution is 2.33. The van der Waals surface area contributed by atoms with Crippen LogP contribution in [0.5, 0.6) is 0 Å². The maximum atomic E-state index is 13.0. The van der Waals surface area contributed by atoms with Crippen molar-refractivity contribution in [1.29, 1.82) is 5.26 Å². The lowest BCUT2D eigenvalue weighted by molar-refractivity contribution is 0.708. The molecule has 0 saturated heterocycles. The third kappa shape index (κ3) is 3.34. The predicted octanol–water partition coefficient (Wildman–Crippen LogP) is 0.690. The molecule has 2 aromatic heterocycles. The second-order valence-electron chi connectivity index (χ2n) is 6.84. The summed E-state index contributed by atoms with van der Waals surface area (Å²) in [5.74, 6) is 0.188. The van der Waals surface area contributed by atoms with Crippen LogP contribution in [0.3, 0.4) is 0 Å². The second kappa shape index (κ2) is 7.77. The maximum absolute atomic E-state index is 13.0. The van der Waals surface area contributed by atoms with Crippen LogP contribution in [0.1, 0.15) is 12.0 Å². The molecule has 0 radical (unpaired) electrons. The number of nitrogens with two attached hydrogens (primary N) is 2. The van der Waals surface area contributed by atoms with E-state index in [0.29, 0.717) is 29.5 Å². The van der Waals surface area contributed by atoms with Crippen LogP contribution < -0.4 is 27.6 Å². The maximum Gasteiger partial charge on any atom is 0.332 e. The Hall–Kier alpha value is -3.64. The van der Waals surface area contributed by atoms with Crippen molar-refractivity contribution in [2.45, 2.75) is 13.0 Å². The number of aromatic nitrogens is 3. The third-order valence-electron chi connectivity index (χ3n) is 5.08. The van der Waals surface area contributed by atoms with Crippen molar-refractivity contribution in [2.75, 3.05) is 24.2 Å². The van der Waals surface area contributed by atoms with Gasteiger partial charge >= 0.3 is 5.69 Å². The van der Waals surface area contributed by atoms with Crippen LogP contribution >= 0.6 is 0 Å².